The molecule has 0 unspecified atom stereocenters. The quantitative estimate of drug-likeness (QED) is 0.0267. The second-order valence-corrected chi connectivity index (χ2v) is 35.1. The third-order valence-electron chi connectivity index (χ3n) is 18.0. The fourth-order valence-electron chi connectivity index (χ4n) is 12.6. The maximum Gasteiger partial charge on any atom is 3.00 e. The molecular formula is C80H112ClInN8S8. The van der Waals surface area contributed by atoms with Crippen LogP contribution in [0.25, 0.3) is 89.7 Å². The molecule has 7 aromatic rings. The summed E-state index contributed by atoms with van der Waals surface area (Å²) in [4.78, 5) is 56.7. The smallest absolute Gasteiger partial charge is 1.00 e. The van der Waals surface area contributed by atoms with Gasteiger partial charge in [0.05, 0.1) is 23.3 Å². The van der Waals surface area contributed by atoms with Gasteiger partial charge in [0.15, 0.2) is 0 Å². The third-order valence-corrected chi connectivity index (χ3v) is 27.2. The van der Waals surface area contributed by atoms with Gasteiger partial charge in [0.25, 0.3) is 0 Å². The van der Waals surface area contributed by atoms with E-state index in [4.69, 9.17) is 39.9 Å². The van der Waals surface area contributed by atoms with Gasteiger partial charge in [-0.15, -0.1) is 94.1 Å². The first-order valence-electron chi connectivity index (χ1n) is 37.8. The first kappa shape index (κ1) is 83.5. The van der Waals surface area contributed by atoms with E-state index in [1.54, 1.807) is 0 Å². The summed E-state index contributed by atoms with van der Waals surface area (Å²) in [7, 11) is 0. The molecule has 0 amide bonds. The van der Waals surface area contributed by atoms with Crippen LogP contribution in [0.4, 0.5) is 0 Å². The maximum atomic E-state index is 5.95. The molecule has 0 aliphatic carbocycles. The summed E-state index contributed by atoms with van der Waals surface area (Å²) in [5.41, 5.74) is 7.01. The second-order valence-electron chi connectivity index (χ2n) is 26.0. The van der Waals surface area contributed by atoms with Crippen LogP contribution in [0.3, 0.4) is 0 Å². The van der Waals surface area contributed by atoms with Crippen molar-refractivity contribution < 1.29 is 12.4 Å². The molecule has 0 N–H and O–H groups in total. The van der Waals surface area contributed by atoms with Crippen LogP contribution >= 0.6 is 94.1 Å². The van der Waals surface area contributed by atoms with Crippen LogP contribution in [0.5, 0.6) is 0 Å². The predicted octanol–water partition coefficient (Wildman–Crippen LogP) is 24.1. The van der Waals surface area contributed by atoms with Crippen LogP contribution in [0.1, 0.15) is 261 Å². The molecule has 5 heterocycles. The number of aromatic nitrogens is 8. The molecule has 0 saturated carbocycles. The fraction of sp³-hybridized carbons (Fsp3) is 0.600. The minimum atomic E-state index is 0. The van der Waals surface area contributed by atoms with Crippen molar-refractivity contribution in [1.82, 2.24) is 39.9 Å². The summed E-state index contributed by atoms with van der Waals surface area (Å²) in [5, 5.41) is 4.30. The van der Waals surface area contributed by atoms with Gasteiger partial charge in [0.1, 0.15) is 0 Å². The Kier molecular flexibility index (Phi) is 40.0. The summed E-state index contributed by atoms with van der Waals surface area (Å²) < 4.78 is 0. The molecule has 9 rings (SSSR count). The number of unbranched alkanes of at least 4 members (excludes halogenated alkanes) is 24. The Morgan fingerprint density at radius 2 is 0.388 bits per heavy atom. The van der Waals surface area contributed by atoms with Crippen molar-refractivity contribution in [2.24, 2.45) is 0 Å². The van der Waals surface area contributed by atoms with E-state index >= 15 is 0 Å². The van der Waals surface area contributed by atoms with Crippen LogP contribution in [-0.4, -0.2) is 102 Å². The van der Waals surface area contributed by atoms with Crippen molar-refractivity contribution in [3.63, 3.8) is 0 Å². The van der Waals surface area contributed by atoms with Crippen LogP contribution in [-0.2, 0) is 0 Å². The standard InChI is InChI=1S/C80H112N8S8.ClH.In/c1-9-17-25-33-49-89-57-41-42-58(90-50-34-26-18-10-2)66-65(57)73-81-74(66)86-76-69-61(93-53-37-29-21-13-5)45-46-62(94-54-38-30-22-14-6)70(69)78(83-76)88-80-72-64(96-56-40-32-24-16-8)48-47-63(95-55-39-31-23-15-7)71(72)79(84-80)87-77-68-60(92-52-36-28-20-12-4)44-43-59(67(68)75(82-77)85-73)91-51-35-27-19-11-3;;/h41-48H,9-40,49-56H2,1-8H3;1H;/q-2;;+3/p-1. The van der Waals surface area contributed by atoms with Gasteiger partial charge >= 0.3 is 25.8 Å². The van der Waals surface area contributed by atoms with Gasteiger partial charge in [-0.2, -0.15) is 0 Å². The monoisotopic (exact) mass is 1590 g/mol. The average molecular weight is 1590 g/mol. The van der Waals surface area contributed by atoms with E-state index in [9.17, 15) is 0 Å². The van der Waals surface area contributed by atoms with Crippen molar-refractivity contribution in [1.29, 1.82) is 0 Å². The van der Waals surface area contributed by atoms with Gasteiger partial charge < -0.3 is 42.3 Å². The molecular weight excluding hydrogens is 1480 g/mol. The van der Waals surface area contributed by atoms with Crippen molar-refractivity contribution in [2.75, 3.05) is 46.0 Å². The normalized spacial score (nSPS) is 11.8. The Hall–Kier alpha value is -1.80. The number of nitrogens with zero attached hydrogens (tertiary/aromatic N) is 8. The fourth-order valence-corrected chi connectivity index (χ4v) is 21.1. The Balaban J connectivity index is 0.00000676. The zero-order chi connectivity index (χ0) is 67.1. The summed E-state index contributed by atoms with van der Waals surface area (Å²) in [6, 6.07) is 19.0. The van der Waals surface area contributed by atoms with Gasteiger partial charge in [-0.3, -0.25) is 0 Å². The third kappa shape index (κ3) is 23.6. The largest absolute Gasteiger partial charge is 3.00 e. The molecule has 0 fully saturated rings. The Bertz CT molecular complexity index is 3240. The van der Waals surface area contributed by atoms with E-state index in [1.807, 2.05) is 94.1 Å². The minimum absolute atomic E-state index is 0. The predicted molar refractivity (Wildman–Crippen MR) is 439 cm³/mol. The molecule has 0 radical (unpaired) electrons. The SMILES string of the molecule is CCCCCCSc1ccc(SCCCCCC)c2c1-c1nc-2nc2[n-]c(nc3nc(nc4[n-]c(n1)c1c(SCCCCCC)ccc(SCCCCCC)c41)-c1c(SCCCCCC)ccc(SCCCCCC)c1-3)c1c(SCCCCCC)ccc(SCCCCCC)c21.[Cl-].[In+3]. The number of fused-ring (bicyclic) bond motifs is 20. The van der Waals surface area contributed by atoms with E-state index < -0.39 is 0 Å². The van der Waals surface area contributed by atoms with Gasteiger partial charge in [0.2, 0.25) is 0 Å². The molecule has 2 aliphatic rings. The number of benzene rings is 4. The van der Waals surface area contributed by atoms with E-state index in [0.29, 0.717) is 45.9 Å². The van der Waals surface area contributed by atoms with Crippen molar-refractivity contribution in [3.05, 3.63) is 48.5 Å². The Labute approximate surface area is 650 Å². The summed E-state index contributed by atoms with van der Waals surface area (Å²) >= 11 is 15.7. The van der Waals surface area contributed by atoms with Gasteiger partial charge in [-0.1, -0.05) is 209 Å². The summed E-state index contributed by atoms with van der Waals surface area (Å²) in [6.45, 7) is 18.4. The first-order chi connectivity index (χ1) is 47.4. The number of halogens is 1. The van der Waals surface area contributed by atoms with Crippen molar-refractivity contribution >= 4 is 164 Å². The second kappa shape index (κ2) is 46.9. The van der Waals surface area contributed by atoms with E-state index in [2.05, 4.69) is 104 Å². The topological polar surface area (TPSA) is 106 Å². The summed E-state index contributed by atoms with van der Waals surface area (Å²) in [5.74, 6) is 10.9. The van der Waals surface area contributed by atoms with Gasteiger partial charge in [-0.25, -0.2) is 9.97 Å². The molecule has 0 atom stereocenters. The summed E-state index contributed by atoms with van der Waals surface area (Å²) in [6.07, 6.45) is 38.6. The van der Waals surface area contributed by atoms with Gasteiger partial charge in [0, 0.05) is 106 Å². The minimum Gasteiger partial charge on any atom is -1.00 e. The molecule has 98 heavy (non-hydrogen) atoms. The number of rotatable bonds is 48. The van der Waals surface area contributed by atoms with E-state index in [0.717, 1.165) is 141 Å². The molecule has 18 heteroatoms. The van der Waals surface area contributed by atoms with Crippen LogP contribution < -0.4 is 22.4 Å². The van der Waals surface area contributed by atoms with Crippen LogP contribution in [0.2, 0.25) is 0 Å². The van der Waals surface area contributed by atoms with Crippen LogP contribution in [0, 0.1) is 0 Å². The molecule has 3 aromatic heterocycles. The number of thioether (sulfide) groups is 8. The van der Waals surface area contributed by atoms with Crippen molar-refractivity contribution in [2.45, 2.75) is 300 Å². The Morgan fingerprint density at radius 3 is 0.561 bits per heavy atom. The first-order valence-corrected chi connectivity index (χ1v) is 45.7. The maximum absolute atomic E-state index is 5.95. The van der Waals surface area contributed by atoms with Gasteiger partial charge in [-0.05, 0) is 146 Å². The number of hydrogen-bond donors (Lipinski definition) is 0. The average Bonchev–Trinajstić information content (AvgIpc) is 1.61. The van der Waals surface area contributed by atoms with E-state index in [1.165, 1.54) is 193 Å². The zero-order valence-corrected chi connectivity index (χ0v) is 71.3. The molecule has 4 aromatic carbocycles. The molecule has 0 spiro atoms. The van der Waals surface area contributed by atoms with E-state index in [-0.39, 0.29) is 38.3 Å². The molecule has 8 nitrogen and oxygen atoms in total. The molecule has 8 bridgehead atoms. The van der Waals surface area contributed by atoms with Crippen molar-refractivity contribution in [3.8, 4) is 45.6 Å². The van der Waals surface area contributed by atoms with Crippen LogP contribution in [0.15, 0.2) is 87.7 Å². The number of hydrogen-bond acceptors (Lipinski definition) is 14. The Morgan fingerprint density at radius 1 is 0.224 bits per heavy atom. The molecule has 0 saturated heterocycles. The molecule has 530 valence electrons. The zero-order valence-electron chi connectivity index (χ0n) is 60.7. The molecule has 2 aliphatic heterocycles.